The maximum atomic E-state index is 5.85. The van der Waals surface area contributed by atoms with E-state index in [-0.39, 0.29) is 0 Å². The average molecular weight is 191 g/mol. The van der Waals surface area contributed by atoms with Crippen molar-refractivity contribution in [3.05, 3.63) is 41.8 Å². The molecule has 2 aromatic rings. The summed E-state index contributed by atoms with van der Waals surface area (Å²) >= 11 is 5.85. The van der Waals surface area contributed by atoms with Crippen LogP contribution in [0.15, 0.2) is 31.1 Å². The molecular formula is C10H7ClN2. The molecule has 2 rings (SSSR count). The van der Waals surface area contributed by atoms with Crippen molar-refractivity contribution in [3.63, 3.8) is 0 Å². The highest BCUT2D eigenvalue weighted by Crippen LogP contribution is 2.19. The fourth-order valence-corrected chi connectivity index (χ4v) is 1.37. The monoisotopic (exact) mass is 190 g/mol. The molecule has 0 spiro atoms. The lowest BCUT2D eigenvalue weighted by atomic mass is 10.2. The van der Waals surface area contributed by atoms with Crippen molar-refractivity contribution in [2.45, 2.75) is 0 Å². The Balaban J connectivity index is 2.79. The molecule has 0 fully saturated rings. The highest BCUT2D eigenvalue weighted by Gasteiger charge is 2.00. The third-order valence-corrected chi connectivity index (χ3v) is 2.09. The Hall–Kier alpha value is -1.41. The lowest BCUT2D eigenvalue weighted by Gasteiger charge is -1.99. The van der Waals surface area contributed by atoms with Crippen LogP contribution in [0.3, 0.4) is 0 Å². The van der Waals surface area contributed by atoms with Crippen molar-refractivity contribution in [3.8, 4) is 0 Å². The van der Waals surface area contributed by atoms with Gasteiger partial charge in [-0.15, -0.1) is 0 Å². The van der Waals surface area contributed by atoms with Gasteiger partial charge in [-0.05, 0) is 17.7 Å². The van der Waals surface area contributed by atoms with Crippen molar-refractivity contribution in [2.75, 3.05) is 0 Å². The van der Waals surface area contributed by atoms with Gasteiger partial charge in [-0.25, -0.2) is 4.98 Å². The number of nitrogens with zero attached hydrogens (tertiary/aromatic N) is 2. The summed E-state index contributed by atoms with van der Waals surface area (Å²) in [4.78, 5) is 8.13. The van der Waals surface area contributed by atoms with Gasteiger partial charge < -0.3 is 0 Å². The van der Waals surface area contributed by atoms with Crippen LogP contribution in [0, 0.1) is 0 Å². The normalized spacial score (nSPS) is 10.2. The van der Waals surface area contributed by atoms with E-state index in [1.807, 2.05) is 12.1 Å². The summed E-state index contributed by atoms with van der Waals surface area (Å²) in [6.07, 6.45) is 5.14. The lowest BCUT2D eigenvalue weighted by molar-refractivity contribution is 1.31. The molecule has 0 aliphatic rings. The van der Waals surface area contributed by atoms with Crippen LogP contribution in [0.5, 0.6) is 0 Å². The van der Waals surface area contributed by atoms with Crippen LogP contribution < -0.4 is 0 Å². The van der Waals surface area contributed by atoms with Crippen LogP contribution in [0.4, 0.5) is 0 Å². The summed E-state index contributed by atoms with van der Waals surface area (Å²) in [5, 5.41) is 1.42. The van der Waals surface area contributed by atoms with E-state index in [1.54, 1.807) is 18.5 Å². The quantitative estimate of drug-likeness (QED) is 0.647. The van der Waals surface area contributed by atoms with E-state index < -0.39 is 0 Å². The molecule has 3 heteroatoms. The summed E-state index contributed by atoms with van der Waals surface area (Å²) in [5.41, 5.74) is 1.71. The van der Waals surface area contributed by atoms with Gasteiger partial charge in [0.1, 0.15) is 5.52 Å². The minimum atomic E-state index is 0.438. The fraction of sp³-hybridized carbons (Fsp3) is 0. The second-order valence-corrected chi connectivity index (χ2v) is 3.00. The molecule has 0 N–H and O–H groups in total. The number of aromatic nitrogens is 2. The molecule has 0 unspecified atom stereocenters. The van der Waals surface area contributed by atoms with Crippen LogP contribution in [0.2, 0.25) is 5.15 Å². The number of pyridine rings is 2. The number of hydrogen-bond donors (Lipinski definition) is 0. The van der Waals surface area contributed by atoms with Crippen molar-refractivity contribution in [1.82, 2.24) is 9.97 Å². The van der Waals surface area contributed by atoms with E-state index in [2.05, 4.69) is 16.5 Å². The molecule has 2 heterocycles. The molecule has 0 aliphatic heterocycles. The first-order chi connectivity index (χ1) is 6.31. The summed E-state index contributed by atoms with van der Waals surface area (Å²) in [6, 6.07) is 3.85. The maximum Gasteiger partial charge on any atom is 0.155 e. The SMILES string of the molecule is C=Cc1cnc2c(Cl)nccc2c1. The molecule has 13 heavy (non-hydrogen) atoms. The fourth-order valence-electron chi connectivity index (χ4n) is 1.15. The zero-order chi connectivity index (χ0) is 9.26. The van der Waals surface area contributed by atoms with Gasteiger partial charge in [-0.2, -0.15) is 0 Å². The van der Waals surface area contributed by atoms with Gasteiger partial charge >= 0.3 is 0 Å². The first-order valence-electron chi connectivity index (χ1n) is 3.84. The first-order valence-corrected chi connectivity index (χ1v) is 4.22. The maximum absolute atomic E-state index is 5.85. The Morgan fingerprint density at radius 1 is 1.38 bits per heavy atom. The van der Waals surface area contributed by atoms with Crippen molar-refractivity contribution in [1.29, 1.82) is 0 Å². The number of halogens is 1. The molecular weight excluding hydrogens is 184 g/mol. The third-order valence-electron chi connectivity index (χ3n) is 1.81. The van der Waals surface area contributed by atoms with Crippen molar-refractivity contribution >= 4 is 28.6 Å². The lowest BCUT2D eigenvalue weighted by Crippen LogP contribution is -1.84. The highest BCUT2D eigenvalue weighted by atomic mass is 35.5. The molecule has 0 radical (unpaired) electrons. The Labute approximate surface area is 80.9 Å². The van der Waals surface area contributed by atoms with Crippen molar-refractivity contribution in [2.24, 2.45) is 0 Å². The van der Waals surface area contributed by atoms with E-state index in [0.717, 1.165) is 16.5 Å². The zero-order valence-corrected chi connectivity index (χ0v) is 7.62. The second-order valence-electron chi connectivity index (χ2n) is 2.65. The minimum absolute atomic E-state index is 0.438. The summed E-state index contributed by atoms with van der Waals surface area (Å²) in [6.45, 7) is 3.67. The van der Waals surface area contributed by atoms with Crippen LogP contribution in [-0.2, 0) is 0 Å². The van der Waals surface area contributed by atoms with Crippen LogP contribution in [-0.4, -0.2) is 9.97 Å². The molecule has 0 aromatic carbocycles. The Kier molecular flexibility index (Phi) is 1.99. The van der Waals surface area contributed by atoms with E-state index in [9.17, 15) is 0 Å². The predicted molar refractivity (Wildman–Crippen MR) is 54.6 cm³/mol. The van der Waals surface area contributed by atoms with E-state index in [4.69, 9.17) is 11.6 Å². The number of fused-ring (bicyclic) bond motifs is 1. The molecule has 64 valence electrons. The molecule has 0 saturated carbocycles. The van der Waals surface area contributed by atoms with E-state index in [0.29, 0.717) is 5.15 Å². The summed E-state index contributed by atoms with van der Waals surface area (Å²) < 4.78 is 0. The molecule has 0 saturated heterocycles. The average Bonchev–Trinajstić information content (AvgIpc) is 2.18. The van der Waals surface area contributed by atoms with Gasteiger partial charge in [0.15, 0.2) is 5.15 Å². The standard InChI is InChI=1S/C10H7ClN2/c1-2-7-5-8-3-4-12-10(11)9(8)13-6-7/h2-6H,1H2. The minimum Gasteiger partial charge on any atom is -0.252 e. The molecule has 0 bridgehead atoms. The van der Waals surface area contributed by atoms with Gasteiger partial charge in [0.25, 0.3) is 0 Å². The third kappa shape index (κ3) is 1.40. The Bertz CT molecular complexity index is 465. The number of hydrogen-bond acceptors (Lipinski definition) is 2. The smallest absolute Gasteiger partial charge is 0.155 e. The second kappa shape index (κ2) is 3.15. The Morgan fingerprint density at radius 2 is 2.23 bits per heavy atom. The first kappa shape index (κ1) is 8.20. The molecule has 0 atom stereocenters. The predicted octanol–water partition coefficient (Wildman–Crippen LogP) is 2.93. The topological polar surface area (TPSA) is 25.8 Å². The van der Waals surface area contributed by atoms with Crippen molar-refractivity contribution < 1.29 is 0 Å². The number of rotatable bonds is 1. The van der Waals surface area contributed by atoms with Gasteiger partial charge in [0, 0.05) is 17.8 Å². The van der Waals surface area contributed by atoms with Crippen LogP contribution in [0.25, 0.3) is 17.0 Å². The zero-order valence-electron chi connectivity index (χ0n) is 6.87. The van der Waals surface area contributed by atoms with Gasteiger partial charge in [-0.3, -0.25) is 4.98 Å². The largest absolute Gasteiger partial charge is 0.252 e. The van der Waals surface area contributed by atoms with Crippen LogP contribution >= 0.6 is 11.6 Å². The van der Waals surface area contributed by atoms with E-state index in [1.165, 1.54) is 0 Å². The molecule has 2 aromatic heterocycles. The molecule has 0 aliphatic carbocycles. The summed E-state index contributed by atoms with van der Waals surface area (Å²) in [5.74, 6) is 0. The highest BCUT2D eigenvalue weighted by molar-refractivity contribution is 6.33. The molecule has 0 amide bonds. The van der Waals surface area contributed by atoms with Crippen LogP contribution in [0.1, 0.15) is 5.56 Å². The summed E-state index contributed by atoms with van der Waals surface area (Å²) in [7, 11) is 0. The van der Waals surface area contributed by atoms with Gasteiger partial charge in [-0.1, -0.05) is 24.3 Å². The van der Waals surface area contributed by atoms with E-state index >= 15 is 0 Å². The molecule has 2 nitrogen and oxygen atoms in total. The van der Waals surface area contributed by atoms with Gasteiger partial charge in [0.2, 0.25) is 0 Å². The van der Waals surface area contributed by atoms with Gasteiger partial charge in [0.05, 0.1) is 0 Å². The Morgan fingerprint density at radius 3 is 3.00 bits per heavy atom.